The Kier molecular flexibility index (Phi) is 4.00. The van der Waals surface area contributed by atoms with E-state index >= 15 is 0 Å². The molecule has 0 fully saturated rings. The Morgan fingerprint density at radius 1 is 1.11 bits per heavy atom. The molecule has 0 aliphatic heterocycles. The van der Waals surface area contributed by atoms with Gasteiger partial charge in [0.1, 0.15) is 0 Å². The van der Waals surface area contributed by atoms with Crippen LogP contribution in [0.15, 0.2) is 12.1 Å². The molecule has 102 valence electrons. The maximum atomic E-state index is 4.67. The molecule has 0 aromatic carbocycles. The molecule has 19 heavy (non-hydrogen) atoms. The first-order chi connectivity index (χ1) is 9.04. The molecule has 2 heterocycles. The van der Waals surface area contributed by atoms with Crippen LogP contribution in [0, 0.1) is 27.7 Å². The number of pyridine rings is 1. The van der Waals surface area contributed by atoms with E-state index in [9.17, 15) is 0 Å². The summed E-state index contributed by atoms with van der Waals surface area (Å²) in [5.41, 5.74) is 5.75. The van der Waals surface area contributed by atoms with Gasteiger partial charge in [-0.05, 0) is 51.4 Å². The van der Waals surface area contributed by atoms with Crippen LogP contribution < -0.4 is 5.32 Å². The summed E-state index contributed by atoms with van der Waals surface area (Å²) in [6.07, 6.45) is 0. The SMILES string of the molecule is CCNCc1ccc(-n2nc(C)c(C)c2C)nc1C. The van der Waals surface area contributed by atoms with E-state index in [-0.39, 0.29) is 0 Å². The highest BCUT2D eigenvalue weighted by Crippen LogP contribution is 2.16. The molecule has 0 aliphatic rings. The minimum Gasteiger partial charge on any atom is -0.313 e. The molecule has 0 aliphatic carbocycles. The maximum Gasteiger partial charge on any atom is 0.153 e. The van der Waals surface area contributed by atoms with Crippen LogP contribution in [0.2, 0.25) is 0 Å². The highest BCUT2D eigenvalue weighted by atomic mass is 15.3. The second-order valence-corrected chi connectivity index (χ2v) is 4.90. The fourth-order valence-electron chi connectivity index (χ4n) is 2.08. The molecule has 0 spiro atoms. The monoisotopic (exact) mass is 258 g/mol. The zero-order chi connectivity index (χ0) is 14.0. The number of aryl methyl sites for hydroxylation is 2. The smallest absolute Gasteiger partial charge is 0.153 e. The highest BCUT2D eigenvalue weighted by Gasteiger charge is 2.10. The lowest BCUT2D eigenvalue weighted by atomic mass is 10.2. The summed E-state index contributed by atoms with van der Waals surface area (Å²) >= 11 is 0. The van der Waals surface area contributed by atoms with Crippen molar-refractivity contribution in [3.05, 3.63) is 40.3 Å². The van der Waals surface area contributed by atoms with Gasteiger partial charge in [-0.15, -0.1) is 0 Å². The Labute approximate surface area is 114 Å². The van der Waals surface area contributed by atoms with Crippen molar-refractivity contribution in [2.24, 2.45) is 0 Å². The largest absolute Gasteiger partial charge is 0.313 e. The Bertz CT molecular complexity index is 584. The van der Waals surface area contributed by atoms with E-state index in [1.54, 1.807) is 0 Å². The first-order valence-corrected chi connectivity index (χ1v) is 6.75. The molecule has 2 aromatic heterocycles. The van der Waals surface area contributed by atoms with Gasteiger partial charge in [0, 0.05) is 17.9 Å². The van der Waals surface area contributed by atoms with Crippen LogP contribution in [0.4, 0.5) is 0 Å². The number of aromatic nitrogens is 3. The van der Waals surface area contributed by atoms with Gasteiger partial charge in [-0.2, -0.15) is 5.10 Å². The molecule has 0 amide bonds. The van der Waals surface area contributed by atoms with Gasteiger partial charge in [-0.1, -0.05) is 13.0 Å². The zero-order valence-electron chi connectivity index (χ0n) is 12.4. The van der Waals surface area contributed by atoms with Crippen LogP contribution >= 0.6 is 0 Å². The predicted octanol–water partition coefficient (Wildman–Crippen LogP) is 2.61. The molecular formula is C15H22N4. The van der Waals surface area contributed by atoms with Gasteiger partial charge in [0.25, 0.3) is 0 Å². The van der Waals surface area contributed by atoms with Gasteiger partial charge >= 0.3 is 0 Å². The Balaban J connectivity index is 2.36. The van der Waals surface area contributed by atoms with Crippen molar-refractivity contribution in [2.75, 3.05) is 6.54 Å². The third kappa shape index (κ3) is 2.68. The van der Waals surface area contributed by atoms with Crippen molar-refractivity contribution in [1.82, 2.24) is 20.1 Å². The van der Waals surface area contributed by atoms with E-state index < -0.39 is 0 Å². The molecule has 2 aromatic rings. The lowest BCUT2D eigenvalue weighted by Gasteiger charge is -2.09. The summed E-state index contributed by atoms with van der Waals surface area (Å²) in [5, 5.41) is 7.88. The zero-order valence-corrected chi connectivity index (χ0v) is 12.4. The Hall–Kier alpha value is -1.68. The molecule has 0 saturated carbocycles. The van der Waals surface area contributed by atoms with Gasteiger partial charge in [0.15, 0.2) is 5.82 Å². The molecule has 0 radical (unpaired) electrons. The molecule has 0 saturated heterocycles. The van der Waals surface area contributed by atoms with Crippen LogP contribution in [0.3, 0.4) is 0 Å². The summed E-state index contributed by atoms with van der Waals surface area (Å²) in [5.74, 6) is 0.895. The minimum atomic E-state index is 0.867. The number of rotatable bonds is 4. The minimum absolute atomic E-state index is 0.867. The summed E-state index contributed by atoms with van der Waals surface area (Å²) < 4.78 is 1.93. The fourth-order valence-corrected chi connectivity index (χ4v) is 2.08. The van der Waals surface area contributed by atoms with E-state index in [4.69, 9.17) is 0 Å². The molecule has 2 rings (SSSR count). The third-order valence-corrected chi connectivity index (χ3v) is 3.62. The second-order valence-electron chi connectivity index (χ2n) is 4.90. The second kappa shape index (κ2) is 5.53. The third-order valence-electron chi connectivity index (χ3n) is 3.62. The van der Waals surface area contributed by atoms with Crippen LogP contribution in [0.25, 0.3) is 5.82 Å². The van der Waals surface area contributed by atoms with Gasteiger partial charge in [0.05, 0.1) is 5.69 Å². The summed E-state index contributed by atoms with van der Waals surface area (Å²) in [7, 11) is 0. The van der Waals surface area contributed by atoms with E-state index in [1.807, 2.05) is 17.7 Å². The van der Waals surface area contributed by atoms with Gasteiger partial charge in [0.2, 0.25) is 0 Å². The molecule has 4 nitrogen and oxygen atoms in total. The van der Waals surface area contributed by atoms with Crippen molar-refractivity contribution in [3.63, 3.8) is 0 Å². The molecular weight excluding hydrogens is 236 g/mol. The number of hydrogen-bond donors (Lipinski definition) is 1. The average Bonchev–Trinajstić information content (AvgIpc) is 2.65. The summed E-state index contributed by atoms with van der Waals surface area (Å²) in [6, 6.07) is 4.17. The standard InChI is InChI=1S/C15H22N4/c1-6-16-9-14-7-8-15(17-12(14)4)19-13(5)10(2)11(3)18-19/h7-8,16H,6,9H2,1-5H3. The van der Waals surface area contributed by atoms with E-state index in [2.05, 4.69) is 49.2 Å². The van der Waals surface area contributed by atoms with Crippen LogP contribution in [-0.2, 0) is 6.54 Å². The van der Waals surface area contributed by atoms with E-state index in [0.717, 1.165) is 36.0 Å². The maximum absolute atomic E-state index is 4.67. The Morgan fingerprint density at radius 2 is 1.84 bits per heavy atom. The van der Waals surface area contributed by atoms with Gasteiger partial charge < -0.3 is 5.32 Å². The topological polar surface area (TPSA) is 42.7 Å². The van der Waals surface area contributed by atoms with E-state index in [1.165, 1.54) is 11.1 Å². The van der Waals surface area contributed by atoms with E-state index in [0.29, 0.717) is 0 Å². The Morgan fingerprint density at radius 3 is 2.37 bits per heavy atom. The van der Waals surface area contributed by atoms with Crippen molar-refractivity contribution < 1.29 is 0 Å². The molecule has 0 unspecified atom stereocenters. The van der Waals surface area contributed by atoms with Crippen LogP contribution in [0.1, 0.15) is 35.1 Å². The summed E-state index contributed by atoms with van der Waals surface area (Å²) in [6.45, 7) is 12.2. The lowest BCUT2D eigenvalue weighted by Crippen LogP contribution is -2.14. The quantitative estimate of drug-likeness (QED) is 0.916. The van der Waals surface area contributed by atoms with Gasteiger partial charge in [-0.25, -0.2) is 9.67 Å². The van der Waals surface area contributed by atoms with Crippen molar-refractivity contribution in [3.8, 4) is 5.82 Å². The first kappa shape index (κ1) is 13.7. The fraction of sp³-hybridized carbons (Fsp3) is 0.467. The first-order valence-electron chi connectivity index (χ1n) is 6.75. The summed E-state index contributed by atoms with van der Waals surface area (Å²) in [4.78, 5) is 4.67. The average molecular weight is 258 g/mol. The number of hydrogen-bond acceptors (Lipinski definition) is 3. The highest BCUT2D eigenvalue weighted by molar-refractivity contribution is 5.34. The molecule has 4 heteroatoms. The normalized spacial score (nSPS) is 11.0. The van der Waals surface area contributed by atoms with Crippen molar-refractivity contribution >= 4 is 0 Å². The van der Waals surface area contributed by atoms with Crippen LogP contribution in [-0.4, -0.2) is 21.3 Å². The molecule has 0 atom stereocenters. The van der Waals surface area contributed by atoms with Crippen LogP contribution in [0.5, 0.6) is 0 Å². The molecule has 0 bridgehead atoms. The lowest BCUT2D eigenvalue weighted by molar-refractivity contribution is 0.716. The molecule has 1 N–H and O–H groups in total. The number of nitrogens with zero attached hydrogens (tertiary/aromatic N) is 3. The number of nitrogens with one attached hydrogen (secondary N) is 1. The van der Waals surface area contributed by atoms with Crippen molar-refractivity contribution in [2.45, 2.75) is 41.2 Å². The van der Waals surface area contributed by atoms with Crippen molar-refractivity contribution in [1.29, 1.82) is 0 Å². The van der Waals surface area contributed by atoms with Gasteiger partial charge in [-0.3, -0.25) is 0 Å². The predicted molar refractivity (Wildman–Crippen MR) is 77.7 cm³/mol.